The van der Waals surface area contributed by atoms with E-state index >= 15 is 0 Å². The topological polar surface area (TPSA) is 61.4 Å². The number of carbonyl (C=O) groups is 2. The second-order valence-electron chi connectivity index (χ2n) is 8.46. The number of piperidine rings is 2. The summed E-state index contributed by atoms with van der Waals surface area (Å²) in [6.07, 6.45) is 1.13. The zero-order valence-corrected chi connectivity index (χ0v) is 16.0. The monoisotopic (exact) mass is 379 g/mol. The van der Waals surface area contributed by atoms with Crippen molar-refractivity contribution in [3.63, 3.8) is 0 Å². The van der Waals surface area contributed by atoms with Crippen LogP contribution in [0, 0.1) is 0 Å². The number of imide groups is 1. The van der Waals surface area contributed by atoms with Crippen LogP contribution in [0.25, 0.3) is 0 Å². The van der Waals surface area contributed by atoms with E-state index in [1.54, 1.807) is 24.3 Å². The Balaban J connectivity index is 1.67. The highest BCUT2D eigenvalue weighted by atomic mass is 19.3. The van der Waals surface area contributed by atoms with Crippen molar-refractivity contribution >= 4 is 17.5 Å². The number of hydrogen-bond donors (Lipinski definition) is 2. The van der Waals surface area contributed by atoms with Gasteiger partial charge in [0.25, 0.3) is 5.92 Å². The van der Waals surface area contributed by atoms with Crippen LogP contribution in [-0.2, 0) is 9.59 Å². The normalized spacial score (nSPS) is 26.6. The van der Waals surface area contributed by atoms with E-state index in [2.05, 4.69) is 10.6 Å². The molecule has 148 valence electrons. The molecule has 2 saturated heterocycles. The summed E-state index contributed by atoms with van der Waals surface area (Å²) in [4.78, 5) is 24.9. The summed E-state index contributed by atoms with van der Waals surface area (Å²) in [5.74, 6) is -4.21. The van der Waals surface area contributed by atoms with E-state index in [1.807, 2.05) is 25.7 Å². The molecule has 0 saturated carbocycles. The number of anilines is 1. The summed E-state index contributed by atoms with van der Waals surface area (Å²) >= 11 is 0. The summed E-state index contributed by atoms with van der Waals surface area (Å²) in [5.41, 5.74) is 1.02. The van der Waals surface area contributed by atoms with Gasteiger partial charge in [0.1, 0.15) is 6.04 Å². The van der Waals surface area contributed by atoms with Crippen LogP contribution < -0.4 is 10.6 Å². The van der Waals surface area contributed by atoms with E-state index in [0.717, 1.165) is 0 Å². The van der Waals surface area contributed by atoms with Gasteiger partial charge in [0.2, 0.25) is 11.8 Å². The van der Waals surface area contributed by atoms with Crippen molar-refractivity contribution in [3.8, 4) is 0 Å². The van der Waals surface area contributed by atoms with Gasteiger partial charge in [0, 0.05) is 17.6 Å². The zero-order chi connectivity index (χ0) is 19.8. The Morgan fingerprint density at radius 2 is 1.81 bits per heavy atom. The minimum atomic E-state index is -2.79. The molecular formula is C20H27F2N3O2. The van der Waals surface area contributed by atoms with E-state index in [-0.39, 0.29) is 23.9 Å². The van der Waals surface area contributed by atoms with Gasteiger partial charge >= 0.3 is 0 Å². The van der Waals surface area contributed by atoms with E-state index in [9.17, 15) is 18.4 Å². The molecule has 7 heteroatoms. The quantitative estimate of drug-likeness (QED) is 0.792. The zero-order valence-electron chi connectivity index (χ0n) is 16.0. The Hall–Kier alpha value is -2.02. The predicted molar refractivity (Wildman–Crippen MR) is 99.9 cm³/mol. The number of halogens is 2. The van der Waals surface area contributed by atoms with Crippen LogP contribution in [0.1, 0.15) is 51.5 Å². The molecule has 0 aromatic heterocycles. The van der Waals surface area contributed by atoms with Crippen molar-refractivity contribution in [3.05, 3.63) is 29.8 Å². The number of carbonyl (C=O) groups excluding carboxylic acids is 2. The maximum Gasteiger partial charge on any atom is 0.267 e. The number of amides is 2. The first-order valence-electron chi connectivity index (χ1n) is 9.39. The Bertz CT molecular complexity index is 713. The lowest BCUT2D eigenvalue weighted by atomic mass is 9.84. The molecule has 2 fully saturated rings. The molecule has 2 atom stereocenters. The van der Waals surface area contributed by atoms with Gasteiger partial charge in [-0.1, -0.05) is 12.1 Å². The molecule has 3 rings (SSSR count). The van der Waals surface area contributed by atoms with Crippen LogP contribution in [0.3, 0.4) is 0 Å². The predicted octanol–water partition coefficient (Wildman–Crippen LogP) is 3.13. The van der Waals surface area contributed by atoms with Crippen LogP contribution in [0.5, 0.6) is 0 Å². The molecular weight excluding hydrogens is 352 g/mol. The molecule has 0 spiro atoms. The first-order chi connectivity index (χ1) is 12.6. The largest absolute Gasteiger partial charge is 0.374 e. The summed E-state index contributed by atoms with van der Waals surface area (Å²) < 4.78 is 29.5. The number of benzene rings is 1. The van der Waals surface area contributed by atoms with Gasteiger partial charge < -0.3 is 5.32 Å². The van der Waals surface area contributed by atoms with Crippen LogP contribution in [0.2, 0.25) is 0 Å². The molecule has 0 aliphatic carbocycles. The highest BCUT2D eigenvalue weighted by Gasteiger charge is 2.47. The molecule has 5 nitrogen and oxygen atoms in total. The molecule has 0 radical (unpaired) electrons. The van der Waals surface area contributed by atoms with Crippen LogP contribution >= 0.6 is 0 Å². The molecule has 2 heterocycles. The van der Waals surface area contributed by atoms with Gasteiger partial charge in [-0.25, -0.2) is 8.78 Å². The highest BCUT2D eigenvalue weighted by molar-refractivity contribution is 6.01. The lowest BCUT2D eigenvalue weighted by Crippen LogP contribution is -2.54. The van der Waals surface area contributed by atoms with Gasteiger partial charge in [0.05, 0.1) is 12.5 Å². The fraction of sp³-hybridized carbons (Fsp3) is 0.600. The first kappa shape index (κ1) is 19.7. The molecule has 2 aliphatic heterocycles. The first-order valence-corrected chi connectivity index (χ1v) is 9.39. The number of likely N-dealkylation sites (tertiary alicyclic amines) is 1. The van der Waals surface area contributed by atoms with E-state index < -0.39 is 17.9 Å². The number of nitrogens with one attached hydrogen (secondary N) is 2. The fourth-order valence-electron chi connectivity index (χ4n) is 3.77. The number of hydrogen-bond acceptors (Lipinski definition) is 4. The van der Waals surface area contributed by atoms with Crippen molar-refractivity contribution in [1.82, 2.24) is 10.2 Å². The third kappa shape index (κ3) is 4.46. The van der Waals surface area contributed by atoms with Crippen molar-refractivity contribution < 1.29 is 18.4 Å². The Labute approximate surface area is 158 Å². The smallest absolute Gasteiger partial charge is 0.267 e. The second-order valence-corrected chi connectivity index (χ2v) is 8.46. The average molecular weight is 379 g/mol. The molecule has 2 N–H and O–H groups in total. The maximum atomic E-state index is 14.8. The van der Waals surface area contributed by atoms with E-state index in [0.29, 0.717) is 37.1 Å². The molecule has 1 aromatic rings. The molecule has 2 amide bonds. The third-order valence-electron chi connectivity index (χ3n) is 5.44. The Kier molecular flexibility index (Phi) is 5.25. The number of alkyl halides is 2. The third-order valence-corrected chi connectivity index (χ3v) is 5.44. The van der Waals surface area contributed by atoms with Gasteiger partial charge in [-0.3, -0.25) is 19.8 Å². The second kappa shape index (κ2) is 7.19. The lowest BCUT2D eigenvalue weighted by Gasteiger charge is -2.44. The summed E-state index contributed by atoms with van der Waals surface area (Å²) in [6.45, 7) is 6.27. The van der Waals surface area contributed by atoms with E-state index in [4.69, 9.17) is 0 Å². The summed E-state index contributed by atoms with van der Waals surface area (Å²) in [7, 11) is 0. The SMILES string of the molecule is CC(C)(C)N1CCC(c2ccc(NC3CCC(=O)NC3=O)cc2)C(F)(F)C1. The van der Waals surface area contributed by atoms with Crippen LogP contribution in [0.15, 0.2) is 24.3 Å². The van der Waals surface area contributed by atoms with Gasteiger partial charge in [-0.15, -0.1) is 0 Å². The molecule has 1 aromatic carbocycles. The highest BCUT2D eigenvalue weighted by Crippen LogP contribution is 2.42. The maximum absolute atomic E-state index is 14.8. The minimum absolute atomic E-state index is 0.239. The summed E-state index contributed by atoms with van der Waals surface area (Å²) in [5, 5.41) is 5.36. The fourth-order valence-corrected chi connectivity index (χ4v) is 3.77. The van der Waals surface area contributed by atoms with Crippen molar-refractivity contribution in [2.75, 3.05) is 18.4 Å². The van der Waals surface area contributed by atoms with E-state index in [1.165, 1.54) is 0 Å². The number of rotatable bonds is 3. The van der Waals surface area contributed by atoms with Crippen molar-refractivity contribution in [2.24, 2.45) is 0 Å². The lowest BCUT2D eigenvalue weighted by molar-refractivity contribution is -0.133. The standard InChI is InChI=1S/C20H27F2N3O2/c1-19(2,3)25-11-10-15(20(21,22)12-25)13-4-6-14(7-5-13)23-16-8-9-17(26)24-18(16)27/h4-7,15-16,23H,8-12H2,1-3H3,(H,24,26,27). The average Bonchev–Trinajstić information content (AvgIpc) is 2.56. The van der Waals surface area contributed by atoms with Gasteiger partial charge in [-0.2, -0.15) is 0 Å². The Morgan fingerprint density at radius 3 is 2.37 bits per heavy atom. The van der Waals surface area contributed by atoms with Gasteiger partial charge in [0.15, 0.2) is 0 Å². The summed E-state index contributed by atoms with van der Waals surface area (Å²) in [6, 6.07) is 6.39. The van der Waals surface area contributed by atoms with Gasteiger partial charge in [-0.05, 0) is 57.9 Å². The molecule has 27 heavy (non-hydrogen) atoms. The molecule has 2 aliphatic rings. The minimum Gasteiger partial charge on any atom is -0.374 e. The van der Waals surface area contributed by atoms with Crippen LogP contribution in [-0.4, -0.2) is 47.3 Å². The molecule has 2 unspecified atom stereocenters. The number of nitrogens with zero attached hydrogens (tertiary/aromatic N) is 1. The van der Waals surface area contributed by atoms with Crippen molar-refractivity contribution in [2.45, 2.75) is 63.5 Å². The Morgan fingerprint density at radius 1 is 1.15 bits per heavy atom. The van der Waals surface area contributed by atoms with Crippen LogP contribution in [0.4, 0.5) is 14.5 Å². The molecule has 0 bridgehead atoms. The van der Waals surface area contributed by atoms with Crippen molar-refractivity contribution in [1.29, 1.82) is 0 Å².